The molecule has 0 aliphatic rings. The van der Waals surface area contributed by atoms with E-state index in [2.05, 4.69) is 20.7 Å². The van der Waals surface area contributed by atoms with Gasteiger partial charge in [0.15, 0.2) is 0 Å². The summed E-state index contributed by atoms with van der Waals surface area (Å²) in [6.07, 6.45) is -3.72. The standard InChI is InChI=1S/C11H11BrF4O2/c12-8-2-1-3-9(6-8)18-5-4-17-7-11(15,16)10(13)14/h1-3,6,10H,4-5,7H2. The molecule has 2 nitrogen and oxygen atoms in total. The molecule has 7 heteroatoms. The molecule has 1 aromatic carbocycles. The zero-order valence-corrected chi connectivity index (χ0v) is 10.8. The van der Waals surface area contributed by atoms with E-state index in [4.69, 9.17) is 4.74 Å². The zero-order valence-electron chi connectivity index (χ0n) is 9.21. The third-order valence-corrected chi connectivity index (χ3v) is 2.40. The quantitative estimate of drug-likeness (QED) is 0.560. The Morgan fingerprint density at radius 2 is 1.94 bits per heavy atom. The van der Waals surface area contributed by atoms with E-state index >= 15 is 0 Å². The summed E-state index contributed by atoms with van der Waals surface area (Å²) in [5, 5.41) is 0. The van der Waals surface area contributed by atoms with Gasteiger partial charge in [-0.15, -0.1) is 0 Å². The van der Waals surface area contributed by atoms with Crippen molar-refractivity contribution in [1.82, 2.24) is 0 Å². The Kier molecular flexibility index (Phi) is 5.87. The molecule has 0 saturated carbocycles. The van der Waals surface area contributed by atoms with E-state index in [1.54, 1.807) is 24.3 Å². The molecule has 0 spiro atoms. The fraction of sp³-hybridized carbons (Fsp3) is 0.455. The molecule has 0 N–H and O–H groups in total. The third-order valence-electron chi connectivity index (χ3n) is 1.91. The average Bonchev–Trinajstić information content (AvgIpc) is 2.28. The van der Waals surface area contributed by atoms with Crippen LogP contribution in [0.15, 0.2) is 28.7 Å². The maximum atomic E-state index is 12.4. The maximum Gasteiger partial charge on any atom is 0.330 e. The first-order chi connectivity index (χ1) is 8.42. The van der Waals surface area contributed by atoms with E-state index in [1.807, 2.05) is 0 Å². The second kappa shape index (κ2) is 6.94. The van der Waals surface area contributed by atoms with Gasteiger partial charge in [-0.2, -0.15) is 8.78 Å². The Labute approximate surface area is 110 Å². The van der Waals surface area contributed by atoms with E-state index < -0.39 is 19.0 Å². The molecule has 0 saturated heterocycles. The highest BCUT2D eigenvalue weighted by Gasteiger charge is 2.40. The number of ether oxygens (including phenoxy) is 2. The lowest BCUT2D eigenvalue weighted by Crippen LogP contribution is -2.33. The van der Waals surface area contributed by atoms with Crippen molar-refractivity contribution in [1.29, 1.82) is 0 Å². The topological polar surface area (TPSA) is 18.5 Å². The molecule has 0 aromatic heterocycles. The lowest BCUT2D eigenvalue weighted by Gasteiger charge is -2.15. The fourth-order valence-electron chi connectivity index (χ4n) is 1.05. The molecule has 0 amide bonds. The highest BCUT2D eigenvalue weighted by molar-refractivity contribution is 9.10. The number of rotatable bonds is 7. The van der Waals surface area contributed by atoms with Gasteiger partial charge in [0.1, 0.15) is 19.0 Å². The second-order valence-electron chi connectivity index (χ2n) is 3.42. The van der Waals surface area contributed by atoms with Gasteiger partial charge < -0.3 is 9.47 Å². The Hall–Kier alpha value is -0.820. The number of alkyl halides is 4. The van der Waals surface area contributed by atoms with Crippen LogP contribution < -0.4 is 4.74 Å². The number of hydrogen-bond donors (Lipinski definition) is 0. The van der Waals surface area contributed by atoms with E-state index in [0.717, 1.165) is 4.47 Å². The molecule has 1 aromatic rings. The fourth-order valence-corrected chi connectivity index (χ4v) is 1.42. The summed E-state index contributed by atoms with van der Waals surface area (Å²) in [5.74, 6) is -3.58. The molecule has 0 radical (unpaired) electrons. The largest absolute Gasteiger partial charge is 0.491 e. The van der Waals surface area contributed by atoms with Crippen molar-refractivity contribution in [3.63, 3.8) is 0 Å². The summed E-state index contributed by atoms with van der Waals surface area (Å²) in [4.78, 5) is 0. The molecule has 0 heterocycles. The van der Waals surface area contributed by atoms with Crippen LogP contribution in [0.25, 0.3) is 0 Å². The van der Waals surface area contributed by atoms with Gasteiger partial charge in [-0.05, 0) is 18.2 Å². The van der Waals surface area contributed by atoms with Gasteiger partial charge in [-0.25, -0.2) is 8.78 Å². The normalized spacial score (nSPS) is 11.9. The van der Waals surface area contributed by atoms with Crippen molar-refractivity contribution in [2.75, 3.05) is 19.8 Å². The van der Waals surface area contributed by atoms with Gasteiger partial charge in [0.05, 0.1) is 6.61 Å². The highest BCUT2D eigenvalue weighted by atomic mass is 79.9. The zero-order chi connectivity index (χ0) is 13.6. The van der Waals surface area contributed by atoms with E-state index in [1.165, 1.54) is 0 Å². The van der Waals surface area contributed by atoms with Crippen molar-refractivity contribution in [2.45, 2.75) is 12.3 Å². The van der Waals surface area contributed by atoms with E-state index in [-0.39, 0.29) is 13.2 Å². The minimum absolute atomic E-state index is 0.00969. The van der Waals surface area contributed by atoms with Crippen molar-refractivity contribution >= 4 is 15.9 Å². The molecular formula is C11H11BrF4O2. The Morgan fingerprint density at radius 3 is 2.56 bits per heavy atom. The van der Waals surface area contributed by atoms with Crippen molar-refractivity contribution < 1.29 is 27.0 Å². The maximum absolute atomic E-state index is 12.4. The first kappa shape index (κ1) is 15.2. The number of hydrogen-bond acceptors (Lipinski definition) is 2. The summed E-state index contributed by atoms with van der Waals surface area (Å²) in [6, 6.07) is 6.91. The summed E-state index contributed by atoms with van der Waals surface area (Å²) in [7, 11) is 0. The second-order valence-corrected chi connectivity index (χ2v) is 4.34. The molecule has 0 unspecified atom stereocenters. The van der Waals surface area contributed by atoms with Crippen LogP contribution in [0.3, 0.4) is 0 Å². The van der Waals surface area contributed by atoms with Gasteiger partial charge in [-0.1, -0.05) is 22.0 Å². The monoisotopic (exact) mass is 330 g/mol. The van der Waals surface area contributed by atoms with Crippen molar-refractivity contribution in [3.05, 3.63) is 28.7 Å². The van der Waals surface area contributed by atoms with Crippen LogP contribution in [-0.2, 0) is 4.74 Å². The van der Waals surface area contributed by atoms with Crippen LogP contribution in [0.1, 0.15) is 0 Å². The molecule has 102 valence electrons. The molecule has 1 rings (SSSR count). The molecule has 18 heavy (non-hydrogen) atoms. The molecule has 0 aliphatic carbocycles. The predicted octanol–water partition coefficient (Wildman–Crippen LogP) is 3.74. The molecule has 0 fully saturated rings. The first-order valence-corrected chi connectivity index (χ1v) is 5.83. The molecule has 0 aliphatic heterocycles. The lowest BCUT2D eigenvalue weighted by molar-refractivity contribution is -0.166. The van der Waals surface area contributed by atoms with Crippen LogP contribution in [0.2, 0.25) is 0 Å². The van der Waals surface area contributed by atoms with Crippen LogP contribution in [0.4, 0.5) is 17.6 Å². The molecular weight excluding hydrogens is 320 g/mol. The Bertz CT molecular complexity index is 374. The van der Waals surface area contributed by atoms with Crippen LogP contribution in [0.5, 0.6) is 5.75 Å². The minimum Gasteiger partial charge on any atom is -0.491 e. The SMILES string of the molecule is FC(F)C(F)(F)COCCOc1cccc(Br)c1. The Balaban J connectivity index is 2.20. The first-order valence-electron chi connectivity index (χ1n) is 5.04. The van der Waals surface area contributed by atoms with Gasteiger partial charge >= 0.3 is 12.3 Å². The van der Waals surface area contributed by atoms with Gasteiger partial charge in [0, 0.05) is 4.47 Å². The van der Waals surface area contributed by atoms with Gasteiger partial charge in [0.25, 0.3) is 0 Å². The number of halogens is 5. The number of benzene rings is 1. The Morgan fingerprint density at radius 1 is 1.22 bits per heavy atom. The smallest absolute Gasteiger partial charge is 0.330 e. The van der Waals surface area contributed by atoms with Crippen molar-refractivity contribution in [3.8, 4) is 5.75 Å². The van der Waals surface area contributed by atoms with Crippen molar-refractivity contribution in [2.24, 2.45) is 0 Å². The highest BCUT2D eigenvalue weighted by Crippen LogP contribution is 2.22. The van der Waals surface area contributed by atoms with Crippen LogP contribution in [-0.4, -0.2) is 32.2 Å². The molecule has 0 bridgehead atoms. The third kappa shape index (κ3) is 5.22. The van der Waals surface area contributed by atoms with E-state index in [9.17, 15) is 17.6 Å². The van der Waals surface area contributed by atoms with Gasteiger partial charge in [-0.3, -0.25) is 0 Å². The van der Waals surface area contributed by atoms with E-state index in [0.29, 0.717) is 5.75 Å². The summed E-state index contributed by atoms with van der Waals surface area (Å²) < 4.78 is 58.8. The summed E-state index contributed by atoms with van der Waals surface area (Å²) in [6.45, 7) is -1.49. The summed E-state index contributed by atoms with van der Waals surface area (Å²) in [5.41, 5.74) is 0. The minimum atomic E-state index is -4.12. The van der Waals surface area contributed by atoms with Crippen LogP contribution in [0, 0.1) is 0 Å². The predicted molar refractivity (Wildman–Crippen MR) is 61.4 cm³/mol. The van der Waals surface area contributed by atoms with Gasteiger partial charge in [0.2, 0.25) is 0 Å². The molecule has 0 atom stereocenters. The summed E-state index contributed by atoms with van der Waals surface area (Å²) >= 11 is 3.23. The lowest BCUT2D eigenvalue weighted by atomic mass is 10.3. The average molecular weight is 331 g/mol. The van der Waals surface area contributed by atoms with Crippen LogP contribution >= 0.6 is 15.9 Å².